The molecule has 0 aliphatic carbocycles. The molecule has 0 saturated carbocycles. The van der Waals surface area contributed by atoms with Gasteiger partial charge in [0.15, 0.2) is 0 Å². The van der Waals surface area contributed by atoms with E-state index in [2.05, 4.69) is 5.10 Å². The minimum Gasteiger partial charge on any atom is -0.324 e. The van der Waals surface area contributed by atoms with Crippen LogP contribution >= 0.6 is 0 Å². The van der Waals surface area contributed by atoms with Gasteiger partial charge in [-0.3, -0.25) is 14.3 Å². The Balaban J connectivity index is 1.46. The number of carbonyl (C=O) groups excluding carboxylic acids is 3. The number of fused-ring (bicyclic) bond motifs is 1. The molecule has 134 valence electrons. The van der Waals surface area contributed by atoms with E-state index in [1.165, 1.54) is 12.1 Å². The number of aromatic nitrogens is 2. The maximum atomic E-state index is 12.3. The van der Waals surface area contributed by atoms with Crippen molar-refractivity contribution < 1.29 is 19.2 Å². The molecule has 4 rings (SSSR count). The number of aryl methyl sites for hydroxylation is 1. The molecule has 0 bridgehead atoms. The molecule has 2 heterocycles. The van der Waals surface area contributed by atoms with Crippen molar-refractivity contribution in [1.29, 1.82) is 0 Å². The van der Waals surface area contributed by atoms with Crippen LogP contribution in [0.25, 0.3) is 0 Å². The van der Waals surface area contributed by atoms with E-state index in [4.69, 9.17) is 4.84 Å². The van der Waals surface area contributed by atoms with Gasteiger partial charge < -0.3 is 4.84 Å². The van der Waals surface area contributed by atoms with Crippen LogP contribution in [0.15, 0.2) is 60.9 Å². The van der Waals surface area contributed by atoms with Crippen molar-refractivity contribution in [2.24, 2.45) is 0 Å². The van der Waals surface area contributed by atoms with Crippen LogP contribution in [0, 0.1) is 6.92 Å². The molecule has 2 amide bonds. The first-order valence-corrected chi connectivity index (χ1v) is 8.31. The summed E-state index contributed by atoms with van der Waals surface area (Å²) in [5.74, 6) is -2.06. The Morgan fingerprint density at radius 3 is 2.19 bits per heavy atom. The fraction of sp³-hybridized carbons (Fsp3) is 0.100. The minimum absolute atomic E-state index is 0.222. The van der Waals surface area contributed by atoms with Gasteiger partial charge in [0.25, 0.3) is 11.8 Å². The highest BCUT2D eigenvalue weighted by molar-refractivity contribution is 6.21. The number of hydroxylamine groups is 2. The lowest BCUT2D eigenvalue weighted by Crippen LogP contribution is -2.32. The number of amides is 2. The van der Waals surface area contributed by atoms with Gasteiger partial charge in [-0.05, 0) is 42.3 Å². The zero-order valence-electron chi connectivity index (χ0n) is 14.5. The van der Waals surface area contributed by atoms with Gasteiger partial charge >= 0.3 is 5.97 Å². The van der Waals surface area contributed by atoms with Crippen LogP contribution < -0.4 is 0 Å². The minimum atomic E-state index is -0.772. The number of rotatable bonds is 4. The van der Waals surface area contributed by atoms with E-state index >= 15 is 0 Å². The summed E-state index contributed by atoms with van der Waals surface area (Å²) in [5, 5.41) is 4.72. The van der Waals surface area contributed by atoms with Gasteiger partial charge in [-0.15, -0.1) is 0 Å². The van der Waals surface area contributed by atoms with E-state index in [1.807, 2.05) is 13.1 Å². The molecule has 0 unspecified atom stereocenters. The van der Waals surface area contributed by atoms with Gasteiger partial charge in [0.2, 0.25) is 0 Å². The Kier molecular flexibility index (Phi) is 4.04. The van der Waals surface area contributed by atoms with Crippen molar-refractivity contribution in [2.75, 3.05) is 0 Å². The summed E-state index contributed by atoms with van der Waals surface area (Å²) in [6, 6.07) is 13.1. The van der Waals surface area contributed by atoms with Gasteiger partial charge in [-0.1, -0.05) is 29.3 Å². The van der Waals surface area contributed by atoms with Gasteiger partial charge in [0, 0.05) is 6.20 Å². The maximum Gasteiger partial charge on any atom is 0.363 e. The molecule has 0 fully saturated rings. The van der Waals surface area contributed by atoms with Crippen LogP contribution in [0.4, 0.5) is 0 Å². The van der Waals surface area contributed by atoms with Crippen LogP contribution in [0.2, 0.25) is 0 Å². The highest BCUT2D eigenvalue weighted by atomic mass is 16.7. The zero-order chi connectivity index (χ0) is 19.0. The largest absolute Gasteiger partial charge is 0.363 e. The van der Waals surface area contributed by atoms with Crippen molar-refractivity contribution in [2.45, 2.75) is 13.5 Å². The number of hydrogen-bond acceptors (Lipinski definition) is 5. The highest BCUT2D eigenvalue weighted by Gasteiger charge is 2.38. The summed E-state index contributed by atoms with van der Waals surface area (Å²) >= 11 is 0. The van der Waals surface area contributed by atoms with E-state index in [1.54, 1.807) is 47.3 Å². The molecule has 0 N–H and O–H groups in total. The Hall–Kier alpha value is -3.74. The molecule has 27 heavy (non-hydrogen) atoms. The monoisotopic (exact) mass is 361 g/mol. The molecule has 1 aliphatic heterocycles. The smallest absolute Gasteiger partial charge is 0.324 e. The van der Waals surface area contributed by atoms with Gasteiger partial charge in [-0.25, -0.2) is 4.79 Å². The Morgan fingerprint density at radius 2 is 1.63 bits per heavy atom. The first-order valence-electron chi connectivity index (χ1n) is 8.31. The van der Waals surface area contributed by atoms with Crippen LogP contribution in [-0.2, 0) is 11.4 Å². The molecule has 0 spiro atoms. The third-order valence-electron chi connectivity index (χ3n) is 4.23. The molecular formula is C20H15N3O4. The van der Waals surface area contributed by atoms with Gasteiger partial charge in [-0.2, -0.15) is 5.10 Å². The van der Waals surface area contributed by atoms with Crippen LogP contribution in [0.1, 0.15) is 42.2 Å². The molecule has 0 radical (unpaired) electrons. The number of carbonyl (C=O) groups is 3. The summed E-state index contributed by atoms with van der Waals surface area (Å²) in [4.78, 5) is 41.9. The Morgan fingerprint density at radius 1 is 1.00 bits per heavy atom. The normalized spacial score (nSPS) is 13.0. The van der Waals surface area contributed by atoms with Crippen molar-refractivity contribution >= 4 is 17.8 Å². The summed E-state index contributed by atoms with van der Waals surface area (Å²) < 4.78 is 1.79. The molecular weight excluding hydrogens is 346 g/mol. The van der Waals surface area contributed by atoms with E-state index < -0.39 is 17.8 Å². The summed E-state index contributed by atoms with van der Waals surface area (Å²) in [6.45, 7) is 2.53. The second-order valence-corrected chi connectivity index (χ2v) is 6.24. The molecule has 0 atom stereocenters. The number of hydrogen-bond donors (Lipinski definition) is 0. The maximum absolute atomic E-state index is 12.3. The van der Waals surface area contributed by atoms with E-state index in [0.717, 1.165) is 11.1 Å². The Labute approximate surface area is 154 Å². The molecule has 7 heteroatoms. The van der Waals surface area contributed by atoms with Crippen molar-refractivity contribution in [3.05, 3.63) is 88.7 Å². The van der Waals surface area contributed by atoms with Gasteiger partial charge in [0.1, 0.15) is 0 Å². The SMILES string of the molecule is Cc1cnn(Cc2ccc(C(=O)ON3C(=O)c4ccccc4C3=O)cc2)c1. The molecule has 2 aromatic carbocycles. The number of benzene rings is 2. The molecule has 1 aliphatic rings. The average molecular weight is 361 g/mol. The fourth-order valence-electron chi connectivity index (χ4n) is 2.87. The zero-order valence-corrected chi connectivity index (χ0v) is 14.5. The van der Waals surface area contributed by atoms with Crippen molar-refractivity contribution in [3.63, 3.8) is 0 Å². The quantitative estimate of drug-likeness (QED) is 0.667. The van der Waals surface area contributed by atoms with Crippen LogP contribution in [-0.4, -0.2) is 32.6 Å². The number of nitrogens with zero attached hydrogens (tertiary/aromatic N) is 3. The predicted octanol–water partition coefficient (Wildman–Crippen LogP) is 2.61. The third-order valence-corrected chi connectivity index (χ3v) is 4.23. The van der Waals surface area contributed by atoms with E-state index in [0.29, 0.717) is 11.6 Å². The van der Waals surface area contributed by atoms with Crippen molar-refractivity contribution in [1.82, 2.24) is 14.8 Å². The summed E-state index contributed by atoms with van der Waals surface area (Å²) in [6.07, 6.45) is 3.69. The lowest BCUT2D eigenvalue weighted by molar-refractivity contribution is -0.0584. The Bertz CT molecular complexity index is 1020. The van der Waals surface area contributed by atoms with E-state index in [9.17, 15) is 14.4 Å². The third kappa shape index (κ3) is 3.10. The summed E-state index contributed by atoms with van der Waals surface area (Å²) in [7, 11) is 0. The average Bonchev–Trinajstić information content (AvgIpc) is 3.19. The predicted molar refractivity (Wildman–Crippen MR) is 94.9 cm³/mol. The topological polar surface area (TPSA) is 81.5 Å². The second-order valence-electron chi connectivity index (χ2n) is 6.24. The van der Waals surface area contributed by atoms with Crippen LogP contribution in [0.5, 0.6) is 0 Å². The first-order chi connectivity index (χ1) is 13.0. The second kappa shape index (κ2) is 6.53. The lowest BCUT2D eigenvalue weighted by Gasteiger charge is -2.12. The van der Waals surface area contributed by atoms with Gasteiger partial charge in [0.05, 0.1) is 29.4 Å². The lowest BCUT2D eigenvalue weighted by atomic mass is 10.1. The molecule has 7 nitrogen and oxygen atoms in total. The van der Waals surface area contributed by atoms with Crippen molar-refractivity contribution in [3.8, 4) is 0 Å². The van der Waals surface area contributed by atoms with E-state index in [-0.39, 0.29) is 16.7 Å². The number of imide groups is 1. The molecule has 3 aromatic rings. The molecule has 0 saturated heterocycles. The first kappa shape index (κ1) is 16.7. The molecule has 1 aromatic heterocycles. The highest BCUT2D eigenvalue weighted by Crippen LogP contribution is 2.23. The standard InChI is InChI=1S/C20H15N3O4/c1-13-10-21-22(11-13)12-14-6-8-15(9-7-14)20(26)27-23-18(24)16-4-2-3-5-17(16)19(23)25/h2-11H,12H2,1H3. The summed E-state index contributed by atoms with van der Waals surface area (Å²) in [5.41, 5.74) is 2.71. The fourth-order valence-corrected chi connectivity index (χ4v) is 2.87. The van der Waals surface area contributed by atoms with Crippen LogP contribution in [0.3, 0.4) is 0 Å².